The highest BCUT2D eigenvalue weighted by Crippen LogP contribution is 2.26. The number of allylic oxidation sites excluding steroid dienone is 16. The van der Waals surface area contributed by atoms with Gasteiger partial charge in [-0.25, -0.2) is 4.79 Å². The highest BCUT2D eigenvalue weighted by molar-refractivity contribution is 5.74. The van der Waals surface area contributed by atoms with Gasteiger partial charge in [0.15, 0.2) is 24.6 Å². The van der Waals surface area contributed by atoms with Gasteiger partial charge < -0.3 is 39.0 Å². The van der Waals surface area contributed by atoms with Crippen molar-refractivity contribution in [1.29, 1.82) is 0 Å². The number of aliphatic hydroxyl groups excluding tert-OH is 2. The van der Waals surface area contributed by atoms with E-state index in [9.17, 15) is 34.5 Å². The van der Waals surface area contributed by atoms with Crippen LogP contribution in [0.4, 0.5) is 0 Å². The van der Waals surface area contributed by atoms with Gasteiger partial charge in [-0.15, -0.1) is 0 Å². The molecule has 6 unspecified atom stereocenters. The fraction of sp³-hybridized carbons (Fsp3) is 0.672. The predicted octanol–water partition coefficient (Wildman–Crippen LogP) is 14.1. The van der Waals surface area contributed by atoms with Gasteiger partial charge in [0, 0.05) is 19.3 Å². The fourth-order valence-corrected chi connectivity index (χ4v) is 7.86. The summed E-state index contributed by atoms with van der Waals surface area (Å²) in [6, 6.07) is 0. The number of aliphatic hydroxyl groups is 2. The number of hydrogen-bond donors (Lipinski definition) is 3. The second-order valence-corrected chi connectivity index (χ2v) is 18.8. The number of hydrogen-bond acceptors (Lipinski definition) is 11. The average Bonchev–Trinajstić information content (AvgIpc) is 3.37. The summed E-state index contributed by atoms with van der Waals surface area (Å²) >= 11 is 0. The van der Waals surface area contributed by atoms with Crippen LogP contribution in [0.3, 0.4) is 0 Å². The second kappa shape index (κ2) is 48.6. The first kappa shape index (κ1) is 66.7. The molecule has 0 radical (unpaired) electrons. The minimum absolute atomic E-state index is 0.0345. The fourth-order valence-electron chi connectivity index (χ4n) is 7.86. The van der Waals surface area contributed by atoms with Crippen molar-refractivity contribution in [2.45, 2.75) is 250 Å². The van der Waals surface area contributed by atoms with Crippen molar-refractivity contribution in [3.63, 3.8) is 0 Å². The zero-order valence-electron chi connectivity index (χ0n) is 45.3. The molecule has 1 aliphatic rings. The van der Waals surface area contributed by atoms with Gasteiger partial charge in [-0.05, 0) is 103 Å². The number of carboxylic acid groups (broad SMARTS) is 1. The van der Waals surface area contributed by atoms with E-state index < -0.39 is 67.3 Å². The topological polar surface area (TPSA) is 175 Å². The zero-order chi connectivity index (χ0) is 53.3. The summed E-state index contributed by atoms with van der Waals surface area (Å²) in [5.74, 6) is -3.26. The van der Waals surface area contributed by atoms with E-state index in [-0.39, 0.29) is 25.9 Å². The van der Waals surface area contributed by atoms with Gasteiger partial charge >= 0.3 is 23.9 Å². The van der Waals surface area contributed by atoms with Crippen molar-refractivity contribution < 1.29 is 58.2 Å². The third-order valence-electron chi connectivity index (χ3n) is 12.1. The second-order valence-electron chi connectivity index (χ2n) is 18.8. The Balaban J connectivity index is 2.75. The van der Waals surface area contributed by atoms with Crippen molar-refractivity contribution in [3.8, 4) is 0 Å². The molecule has 73 heavy (non-hydrogen) atoms. The van der Waals surface area contributed by atoms with Gasteiger partial charge in [-0.1, -0.05) is 189 Å². The Morgan fingerprint density at radius 1 is 0.466 bits per heavy atom. The van der Waals surface area contributed by atoms with Crippen molar-refractivity contribution in [1.82, 2.24) is 0 Å². The number of carbonyl (C=O) groups is 4. The van der Waals surface area contributed by atoms with E-state index in [1.165, 1.54) is 32.1 Å². The van der Waals surface area contributed by atoms with Crippen molar-refractivity contribution in [3.05, 3.63) is 97.2 Å². The maximum Gasteiger partial charge on any atom is 0.335 e. The molecule has 0 amide bonds. The van der Waals surface area contributed by atoms with Crippen LogP contribution in [0, 0.1) is 0 Å². The molecule has 414 valence electrons. The number of carbonyl (C=O) groups excluding carboxylic acids is 3. The molecular formula is C61H98O12. The summed E-state index contributed by atoms with van der Waals surface area (Å²) in [6.07, 6.45) is 51.2. The van der Waals surface area contributed by atoms with Crippen LogP contribution < -0.4 is 0 Å². The van der Waals surface area contributed by atoms with Crippen LogP contribution in [0.5, 0.6) is 0 Å². The summed E-state index contributed by atoms with van der Waals surface area (Å²) in [4.78, 5) is 51.0. The standard InChI is InChI=1S/C61H98O12/c1-4-7-10-13-16-19-22-25-26-27-28-31-32-35-38-41-44-47-53(62)69-50-52(71-54(63)48-45-42-39-36-33-29-23-20-17-14-11-8-5-2)51-70-61-59(57(66)56(65)58(73-61)60(67)68)72-55(64)49-46-43-40-37-34-30-24-21-18-15-12-9-6-3/h7-8,10-11,16-17,19-21,24-26,29,33,39,42,52,56-59,61,65-66H,4-6,9,12-15,18,22-23,27-28,30-32,34-38,40-41,43-51H2,1-3H3,(H,67,68)/b10-7-,11-8-,19-16-,20-17-,24-21-,26-25-,33-29-,42-39-. The molecule has 0 aromatic rings. The Kier molecular flexibility index (Phi) is 44.4. The number of esters is 3. The Hall–Kier alpha value is -4.36. The first-order valence-electron chi connectivity index (χ1n) is 28.2. The lowest BCUT2D eigenvalue weighted by Crippen LogP contribution is -2.61. The first-order chi connectivity index (χ1) is 35.6. The molecule has 1 fully saturated rings. The van der Waals surface area contributed by atoms with Gasteiger partial charge in [-0.3, -0.25) is 14.4 Å². The van der Waals surface area contributed by atoms with Crippen LogP contribution in [0.25, 0.3) is 0 Å². The molecule has 3 N–H and O–H groups in total. The van der Waals surface area contributed by atoms with Crippen molar-refractivity contribution >= 4 is 23.9 Å². The van der Waals surface area contributed by atoms with Crippen molar-refractivity contribution in [2.24, 2.45) is 0 Å². The van der Waals surface area contributed by atoms with E-state index in [0.29, 0.717) is 25.7 Å². The number of rotatable bonds is 46. The van der Waals surface area contributed by atoms with E-state index in [1.807, 2.05) is 12.2 Å². The zero-order valence-corrected chi connectivity index (χ0v) is 45.3. The van der Waals surface area contributed by atoms with Crippen molar-refractivity contribution in [2.75, 3.05) is 13.2 Å². The van der Waals surface area contributed by atoms with Crippen LogP contribution in [-0.2, 0) is 42.9 Å². The summed E-state index contributed by atoms with van der Waals surface area (Å²) in [5.41, 5.74) is 0. The smallest absolute Gasteiger partial charge is 0.335 e. The number of carboxylic acids is 1. The molecule has 0 aromatic carbocycles. The molecule has 1 heterocycles. The number of aliphatic carboxylic acids is 1. The lowest BCUT2D eigenvalue weighted by atomic mass is 9.98. The third-order valence-corrected chi connectivity index (χ3v) is 12.1. The third kappa shape index (κ3) is 38.8. The van der Waals surface area contributed by atoms with E-state index in [4.69, 9.17) is 23.7 Å². The minimum Gasteiger partial charge on any atom is -0.479 e. The van der Waals surface area contributed by atoms with Crippen LogP contribution in [-0.4, -0.2) is 89.2 Å². The summed E-state index contributed by atoms with van der Waals surface area (Å²) in [5, 5.41) is 31.4. The Bertz CT molecular complexity index is 1640. The highest BCUT2D eigenvalue weighted by Gasteiger charge is 2.50. The molecule has 1 aliphatic heterocycles. The van der Waals surface area contributed by atoms with Gasteiger partial charge in [0.1, 0.15) is 18.8 Å². The summed E-state index contributed by atoms with van der Waals surface area (Å²) in [7, 11) is 0. The van der Waals surface area contributed by atoms with E-state index >= 15 is 0 Å². The maximum atomic E-state index is 13.1. The minimum atomic E-state index is -1.92. The Morgan fingerprint density at radius 2 is 0.890 bits per heavy atom. The molecule has 12 heteroatoms. The van der Waals surface area contributed by atoms with E-state index in [0.717, 1.165) is 116 Å². The Labute approximate surface area is 441 Å². The van der Waals surface area contributed by atoms with E-state index in [1.54, 1.807) is 0 Å². The average molecular weight is 1020 g/mol. The largest absolute Gasteiger partial charge is 0.479 e. The molecule has 0 spiro atoms. The maximum absolute atomic E-state index is 13.1. The van der Waals surface area contributed by atoms with Crippen LogP contribution in [0.15, 0.2) is 97.2 Å². The molecule has 1 saturated heterocycles. The molecular weight excluding hydrogens is 925 g/mol. The summed E-state index contributed by atoms with van der Waals surface area (Å²) in [6.45, 7) is 5.65. The lowest BCUT2D eigenvalue weighted by Gasteiger charge is -2.40. The van der Waals surface area contributed by atoms with Gasteiger partial charge in [0.2, 0.25) is 0 Å². The highest BCUT2D eigenvalue weighted by atomic mass is 16.7. The van der Waals surface area contributed by atoms with Crippen LogP contribution in [0.2, 0.25) is 0 Å². The molecule has 0 aliphatic carbocycles. The molecule has 12 nitrogen and oxygen atoms in total. The quantitative estimate of drug-likeness (QED) is 0.0228. The first-order valence-corrected chi connectivity index (χ1v) is 28.2. The SMILES string of the molecule is CC/C=C\C/C=C\C/C=C\C/C=C\CCC(=O)OC(COC(=O)CCCCCCCCC/C=C\C/C=C\C/C=C\CC)COC1OC(C(=O)O)C(O)C(O)C1OC(=O)CCCCCCC/C=C\CCCCCC. The predicted molar refractivity (Wildman–Crippen MR) is 294 cm³/mol. The Morgan fingerprint density at radius 3 is 1.38 bits per heavy atom. The van der Waals surface area contributed by atoms with Gasteiger partial charge in [0.05, 0.1) is 6.61 Å². The van der Waals surface area contributed by atoms with E-state index in [2.05, 4.69) is 106 Å². The molecule has 1 rings (SSSR count). The summed E-state index contributed by atoms with van der Waals surface area (Å²) < 4.78 is 28.3. The molecule has 0 bridgehead atoms. The normalized spacial score (nSPS) is 19.1. The van der Waals surface area contributed by atoms with Gasteiger partial charge in [-0.2, -0.15) is 0 Å². The van der Waals surface area contributed by atoms with Gasteiger partial charge in [0.25, 0.3) is 0 Å². The monoisotopic (exact) mass is 1020 g/mol. The lowest BCUT2D eigenvalue weighted by molar-refractivity contribution is -0.301. The number of ether oxygens (including phenoxy) is 5. The molecule has 6 atom stereocenters. The molecule has 0 saturated carbocycles. The number of unbranched alkanes of at least 4 members (excludes halogenated alkanes) is 16. The van der Waals surface area contributed by atoms with Crippen LogP contribution in [0.1, 0.15) is 213 Å². The molecule has 0 aromatic heterocycles. The van der Waals surface area contributed by atoms with Crippen LogP contribution >= 0.6 is 0 Å².